The van der Waals surface area contributed by atoms with Crippen LogP contribution < -0.4 is 0 Å². The lowest BCUT2D eigenvalue weighted by Crippen LogP contribution is -1.86. The van der Waals surface area contributed by atoms with Gasteiger partial charge in [0.1, 0.15) is 11.4 Å². The van der Waals surface area contributed by atoms with Crippen molar-refractivity contribution in [3.8, 4) is 0 Å². The highest BCUT2D eigenvalue weighted by molar-refractivity contribution is 9.10. The van der Waals surface area contributed by atoms with Gasteiger partial charge in [0.2, 0.25) is 0 Å². The van der Waals surface area contributed by atoms with Crippen molar-refractivity contribution in [2.24, 2.45) is 0 Å². The summed E-state index contributed by atoms with van der Waals surface area (Å²) < 4.78 is 19.2. The van der Waals surface area contributed by atoms with Crippen LogP contribution in [0, 0.1) is 5.82 Å². The number of fused-ring (bicyclic) bond motifs is 1. The van der Waals surface area contributed by atoms with E-state index in [-0.39, 0.29) is 5.82 Å². The summed E-state index contributed by atoms with van der Waals surface area (Å²) in [5.74, 6) is -0.224. The Morgan fingerprint density at radius 2 is 2.23 bits per heavy atom. The van der Waals surface area contributed by atoms with Crippen LogP contribution in [0.15, 0.2) is 27.3 Å². The Labute approximate surface area is 91.2 Å². The topological polar surface area (TPSA) is 13.1 Å². The number of furan rings is 1. The van der Waals surface area contributed by atoms with E-state index < -0.39 is 0 Å². The van der Waals surface area contributed by atoms with Crippen LogP contribution in [0.1, 0.15) is 5.56 Å². The Balaban J connectivity index is 2.88. The van der Waals surface area contributed by atoms with E-state index in [0.29, 0.717) is 20.9 Å². The maximum Gasteiger partial charge on any atom is 0.148 e. The van der Waals surface area contributed by atoms with E-state index in [4.69, 9.17) is 4.42 Å². The van der Waals surface area contributed by atoms with Gasteiger partial charge in [-0.25, -0.2) is 4.39 Å². The molecule has 0 radical (unpaired) electrons. The standard InChI is InChI=1S/C9H5Br2FO/c10-4-6-5-1-2-13-9(5)7(11)3-8(6)12/h1-3H,4H2. The number of rotatable bonds is 1. The Hall–Kier alpha value is -0.350. The third kappa shape index (κ3) is 1.42. The van der Waals surface area contributed by atoms with Crippen molar-refractivity contribution in [1.82, 2.24) is 0 Å². The minimum absolute atomic E-state index is 0.224. The molecule has 1 aromatic carbocycles. The second-order valence-corrected chi connectivity index (χ2v) is 4.03. The van der Waals surface area contributed by atoms with Crippen LogP contribution in [0.4, 0.5) is 4.39 Å². The van der Waals surface area contributed by atoms with Crippen LogP contribution in [0.2, 0.25) is 0 Å². The minimum Gasteiger partial charge on any atom is -0.463 e. The van der Waals surface area contributed by atoms with Crippen molar-refractivity contribution in [3.63, 3.8) is 0 Å². The molecular weight excluding hydrogens is 303 g/mol. The first-order chi connectivity index (χ1) is 6.24. The molecule has 0 aliphatic rings. The van der Waals surface area contributed by atoms with E-state index >= 15 is 0 Å². The summed E-state index contributed by atoms with van der Waals surface area (Å²) in [5, 5.41) is 1.30. The predicted molar refractivity (Wildman–Crippen MR) is 56.5 cm³/mol. The van der Waals surface area contributed by atoms with Crippen molar-refractivity contribution < 1.29 is 8.81 Å². The zero-order valence-electron chi connectivity index (χ0n) is 6.48. The Bertz CT molecular complexity index is 450. The molecule has 13 heavy (non-hydrogen) atoms. The lowest BCUT2D eigenvalue weighted by atomic mass is 10.1. The first-order valence-corrected chi connectivity index (χ1v) is 5.55. The van der Waals surface area contributed by atoms with Crippen LogP contribution in [0.5, 0.6) is 0 Å². The van der Waals surface area contributed by atoms with E-state index in [1.807, 2.05) is 0 Å². The molecule has 0 bridgehead atoms. The van der Waals surface area contributed by atoms with Gasteiger partial charge in [0, 0.05) is 16.3 Å². The molecule has 0 saturated heterocycles. The molecule has 0 spiro atoms. The van der Waals surface area contributed by atoms with E-state index in [1.54, 1.807) is 12.3 Å². The summed E-state index contributed by atoms with van der Waals surface area (Å²) >= 11 is 6.48. The molecule has 1 heterocycles. The summed E-state index contributed by atoms with van der Waals surface area (Å²) in [6.07, 6.45) is 1.56. The van der Waals surface area contributed by atoms with Crippen molar-refractivity contribution in [3.05, 3.63) is 34.2 Å². The summed E-state index contributed by atoms with van der Waals surface area (Å²) in [5.41, 5.74) is 1.32. The monoisotopic (exact) mass is 306 g/mol. The zero-order valence-corrected chi connectivity index (χ0v) is 9.65. The first kappa shape index (κ1) is 9.21. The average Bonchev–Trinajstić information content (AvgIpc) is 2.53. The largest absolute Gasteiger partial charge is 0.463 e. The number of hydrogen-bond acceptors (Lipinski definition) is 1. The molecule has 0 aliphatic heterocycles. The van der Waals surface area contributed by atoms with Crippen molar-refractivity contribution in [1.29, 1.82) is 0 Å². The van der Waals surface area contributed by atoms with Crippen molar-refractivity contribution >= 4 is 42.8 Å². The minimum atomic E-state index is -0.224. The molecule has 68 valence electrons. The number of alkyl halides is 1. The van der Waals surface area contributed by atoms with Crippen molar-refractivity contribution in [2.45, 2.75) is 5.33 Å². The molecule has 0 N–H and O–H groups in total. The molecule has 4 heteroatoms. The summed E-state index contributed by atoms with van der Waals surface area (Å²) in [6.45, 7) is 0. The first-order valence-electron chi connectivity index (χ1n) is 3.64. The van der Waals surface area contributed by atoms with E-state index in [0.717, 1.165) is 5.39 Å². The molecule has 2 aromatic rings. The Kier molecular flexibility index (Phi) is 2.43. The fraction of sp³-hybridized carbons (Fsp3) is 0.111. The van der Waals surface area contributed by atoms with Crippen LogP contribution in [-0.2, 0) is 5.33 Å². The third-order valence-corrected chi connectivity index (χ3v) is 3.03. The van der Waals surface area contributed by atoms with Crippen LogP contribution >= 0.6 is 31.9 Å². The summed E-state index contributed by atoms with van der Waals surface area (Å²) in [4.78, 5) is 0. The highest BCUT2D eigenvalue weighted by Crippen LogP contribution is 2.31. The molecular formula is C9H5Br2FO. The summed E-state index contributed by atoms with van der Waals surface area (Å²) in [6, 6.07) is 3.18. The molecule has 0 aliphatic carbocycles. The molecule has 0 unspecified atom stereocenters. The highest BCUT2D eigenvalue weighted by atomic mass is 79.9. The van der Waals surface area contributed by atoms with E-state index in [2.05, 4.69) is 31.9 Å². The quantitative estimate of drug-likeness (QED) is 0.719. The van der Waals surface area contributed by atoms with Gasteiger partial charge in [0.25, 0.3) is 0 Å². The lowest BCUT2D eigenvalue weighted by molar-refractivity contribution is 0.603. The van der Waals surface area contributed by atoms with E-state index in [1.165, 1.54) is 6.07 Å². The third-order valence-electron chi connectivity index (χ3n) is 1.88. The Morgan fingerprint density at radius 1 is 1.46 bits per heavy atom. The molecule has 0 amide bonds. The van der Waals surface area contributed by atoms with Crippen LogP contribution in [0.25, 0.3) is 11.0 Å². The van der Waals surface area contributed by atoms with Gasteiger partial charge in [-0.1, -0.05) is 15.9 Å². The second-order valence-electron chi connectivity index (χ2n) is 2.62. The van der Waals surface area contributed by atoms with Gasteiger partial charge in [-0.05, 0) is 28.1 Å². The second kappa shape index (κ2) is 3.42. The number of halogens is 3. The molecule has 1 nitrogen and oxygen atoms in total. The predicted octanol–water partition coefficient (Wildman–Crippen LogP) is 4.23. The van der Waals surface area contributed by atoms with Gasteiger partial charge in [-0.2, -0.15) is 0 Å². The van der Waals surface area contributed by atoms with Gasteiger partial charge in [-0.15, -0.1) is 0 Å². The maximum absolute atomic E-state index is 13.4. The highest BCUT2D eigenvalue weighted by Gasteiger charge is 2.11. The number of benzene rings is 1. The van der Waals surface area contributed by atoms with E-state index in [9.17, 15) is 4.39 Å². The van der Waals surface area contributed by atoms with Crippen LogP contribution in [0.3, 0.4) is 0 Å². The number of hydrogen-bond donors (Lipinski definition) is 0. The summed E-state index contributed by atoms with van der Waals surface area (Å²) in [7, 11) is 0. The molecule has 2 rings (SSSR count). The van der Waals surface area contributed by atoms with Gasteiger partial charge in [-0.3, -0.25) is 0 Å². The molecule has 0 atom stereocenters. The maximum atomic E-state index is 13.4. The molecule has 0 fully saturated rings. The molecule has 1 aromatic heterocycles. The average molecular weight is 308 g/mol. The van der Waals surface area contributed by atoms with Gasteiger partial charge in [0.05, 0.1) is 10.7 Å². The molecule has 0 saturated carbocycles. The van der Waals surface area contributed by atoms with Gasteiger partial charge >= 0.3 is 0 Å². The lowest BCUT2D eigenvalue weighted by Gasteiger charge is -2.01. The van der Waals surface area contributed by atoms with Gasteiger partial charge in [0.15, 0.2) is 0 Å². The fourth-order valence-corrected chi connectivity index (χ4v) is 2.34. The fourth-order valence-electron chi connectivity index (χ4n) is 1.26. The SMILES string of the molecule is Fc1cc(Br)c2occc2c1CBr. The Morgan fingerprint density at radius 3 is 2.92 bits per heavy atom. The smallest absolute Gasteiger partial charge is 0.148 e. The normalized spacial score (nSPS) is 11.0. The van der Waals surface area contributed by atoms with Crippen LogP contribution in [-0.4, -0.2) is 0 Å². The van der Waals surface area contributed by atoms with Crippen molar-refractivity contribution in [2.75, 3.05) is 0 Å². The van der Waals surface area contributed by atoms with Gasteiger partial charge < -0.3 is 4.42 Å². The zero-order chi connectivity index (χ0) is 9.42.